The lowest BCUT2D eigenvalue weighted by Gasteiger charge is -2.26. The minimum atomic E-state index is -0.302. The molecule has 3 amide bonds. The van der Waals surface area contributed by atoms with Gasteiger partial charge in [-0.05, 0) is 43.3 Å². The van der Waals surface area contributed by atoms with Gasteiger partial charge in [0.15, 0.2) is 5.01 Å². The Kier molecular flexibility index (Phi) is 7.76. The average molecular weight is 502 g/mol. The van der Waals surface area contributed by atoms with E-state index < -0.39 is 0 Å². The number of nitrogens with zero attached hydrogens (tertiary/aromatic N) is 3. The third-order valence-electron chi connectivity index (χ3n) is 5.41. The number of pyridine rings is 1. The zero-order valence-corrected chi connectivity index (χ0v) is 20.6. The molecule has 0 atom stereocenters. The van der Waals surface area contributed by atoms with Crippen LogP contribution in [0.5, 0.6) is 0 Å². The standard InChI is InChI=1S/C19H18N6O2S.C7H9N/c20-13-5-1-2-6-14(13)23-17(26)18-24-15-7-9-25(11-16(15)28-18)19(27)22-12-4-3-8-21-10-12;1-6-2-4-7(8)5-3-6/h1-6,8,10H,7,9,11,20H2,(H,22,27)(H,23,26);2-5H,8H2,1H3. The van der Waals surface area contributed by atoms with E-state index in [9.17, 15) is 9.59 Å². The van der Waals surface area contributed by atoms with Crippen LogP contribution < -0.4 is 22.1 Å². The van der Waals surface area contributed by atoms with Crippen molar-refractivity contribution in [1.82, 2.24) is 14.9 Å². The molecule has 0 radical (unpaired) electrons. The number of nitrogens with two attached hydrogens (primary N) is 2. The lowest BCUT2D eigenvalue weighted by molar-refractivity contribution is 0.102. The predicted molar refractivity (Wildman–Crippen MR) is 144 cm³/mol. The van der Waals surface area contributed by atoms with Gasteiger partial charge in [-0.15, -0.1) is 11.3 Å². The van der Waals surface area contributed by atoms with E-state index in [4.69, 9.17) is 11.5 Å². The Hall–Kier alpha value is -4.44. The number of hydrogen-bond donors (Lipinski definition) is 4. The van der Waals surface area contributed by atoms with Crippen LogP contribution in [-0.2, 0) is 13.0 Å². The van der Waals surface area contributed by atoms with Crippen molar-refractivity contribution in [3.8, 4) is 0 Å². The molecule has 0 fully saturated rings. The molecule has 0 saturated heterocycles. The van der Waals surface area contributed by atoms with E-state index in [0.29, 0.717) is 41.6 Å². The Morgan fingerprint density at radius 3 is 2.47 bits per heavy atom. The first kappa shape index (κ1) is 24.7. The molecular weight excluding hydrogens is 474 g/mol. The Balaban J connectivity index is 0.000000325. The summed E-state index contributed by atoms with van der Waals surface area (Å²) < 4.78 is 0. The smallest absolute Gasteiger partial charge is 0.322 e. The van der Waals surface area contributed by atoms with E-state index in [-0.39, 0.29) is 11.9 Å². The number of hydrogen-bond acceptors (Lipinski definition) is 7. The number of para-hydroxylation sites is 2. The molecule has 1 aliphatic rings. The maximum absolute atomic E-state index is 12.5. The summed E-state index contributed by atoms with van der Waals surface area (Å²) in [4.78, 5) is 36.1. The van der Waals surface area contributed by atoms with Crippen molar-refractivity contribution < 1.29 is 9.59 Å². The highest BCUT2D eigenvalue weighted by atomic mass is 32.1. The van der Waals surface area contributed by atoms with Crippen molar-refractivity contribution in [3.05, 3.63) is 94.2 Å². The second-order valence-electron chi connectivity index (χ2n) is 8.18. The monoisotopic (exact) mass is 501 g/mol. The number of carbonyl (C=O) groups is 2. The number of nitrogens with one attached hydrogen (secondary N) is 2. The molecule has 2 aromatic heterocycles. The number of aromatic nitrogens is 2. The first-order chi connectivity index (χ1) is 17.4. The molecule has 0 unspecified atom stereocenters. The van der Waals surface area contributed by atoms with Gasteiger partial charge >= 0.3 is 6.03 Å². The van der Waals surface area contributed by atoms with Crippen LogP contribution in [0, 0.1) is 6.92 Å². The third kappa shape index (κ3) is 6.36. The first-order valence-corrected chi connectivity index (χ1v) is 12.1. The van der Waals surface area contributed by atoms with E-state index in [1.807, 2.05) is 31.2 Å². The van der Waals surface area contributed by atoms with E-state index in [1.165, 1.54) is 16.9 Å². The van der Waals surface area contributed by atoms with Crippen molar-refractivity contribution >= 4 is 46.0 Å². The molecule has 0 aliphatic carbocycles. The highest BCUT2D eigenvalue weighted by Crippen LogP contribution is 2.27. The van der Waals surface area contributed by atoms with Gasteiger partial charge in [0.05, 0.1) is 35.5 Å². The van der Waals surface area contributed by atoms with Crippen LogP contribution in [0.25, 0.3) is 0 Å². The van der Waals surface area contributed by atoms with Gasteiger partial charge < -0.3 is 27.0 Å². The largest absolute Gasteiger partial charge is 0.399 e. The van der Waals surface area contributed by atoms with E-state index >= 15 is 0 Å². The molecule has 10 heteroatoms. The van der Waals surface area contributed by atoms with E-state index in [0.717, 1.165) is 16.3 Å². The number of urea groups is 1. The molecule has 36 heavy (non-hydrogen) atoms. The molecule has 9 nitrogen and oxygen atoms in total. The molecule has 3 heterocycles. The van der Waals surface area contributed by atoms with Crippen LogP contribution in [0.2, 0.25) is 0 Å². The van der Waals surface area contributed by atoms with Gasteiger partial charge in [0.25, 0.3) is 5.91 Å². The van der Waals surface area contributed by atoms with E-state index in [1.54, 1.807) is 53.7 Å². The van der Waals surface area contributed by atoms with Crippen LogP contribution in [0.15, 0.2) is 73.1 Å². The average Bonchev–Trinajstić information content (AvgIpc) is 3.32. The molecule has 0 spiro atoms. The second kappa shape index (κ2) is 11.3. The molecule has 0 bridgehead atoms. The topological polar surface area (TPSA) is 139 Å². The number of nitrogen functional groups attached to an aromatic ring is 2. The van der Waals surface area contributed by atoms with Gasteiger partial charge in [-0.1, -0.05) is 29.8 Å². The number of fused-ring (bicyclic) bond motifs is 1. The van der Waals surface area contributed by atoms with Crippen LogP contribution in [-0.4, -0.2) is 33.4 Å². The molecular formula is C26H27N7O2S. The van der Waals surface area contributed by atoms with Crippen molar-refractivity contribution in [2.24, 2.45) is 0 Å². The number of thiazole rings is 1. The van der Waals surface area contributed by atoms with Gasteiger partial charge in [-0.25, -0.2) is 9.78 Å². The van der Waals surface area contributed by atoms with Crippen LogP contribution in [0.1, 0.15) is 25.9 Å². The summed E-state index contributed by atoms with van der Waals surface area (Å²) in [6.07, 6.45) is 3.85. The Morgan fingerprint density at radius 2 is 1.78 bits per heavy atom. The van der Waals surface area contributed by atoms with Gasteiger partial charge in [-0.2, -0.15) is 0 Å². The molecule has 0 saturated carbocycles. The molecule has 6 N–H and O–H groups in total. The molecule has 184 valence electrons. The molecule has 4 aromatic rings. The maximum Gasteiger partial charge on any atom is 0.322 e. The Bertz CT molecular complexity index is 1320. The molecule has 2 aromatic carbocycles. The van der Waals surface area contributed by atoms with Gasteiger partial charge in [0.1, 0.15) is 0 Å². The van der Waals surface area contributed by atoms with Gasteiger partial charge in [-0.3, -0.25) is 9.78 Å². The minimum absolute atomic E-state index is 0.199. The van der Waals surface area contributed by atoms with Crippen molar-refractivity contribution in [1.29, 1.82) is 0 Å². The predicted octanol–water partition coefficient (Wildman–Crippen LogP) is 4.54. The highest BCUT2D eigenvalue weighted by Gasteiger charge is 2.26. The molecule has 1 aliphatic heterocycles. The lowest BCUT2D eigenvalue weighted by Crippen LogP contribution is -2.38. The van der Waals surface area contributed by atoms with Gasteiger partial charge in [0.2, 0.25) is 0 Å². The summed E-state index contributed by atoms with van der Waals surface area (Å²) in [5.41, 5.74) is 15.9. The van der Waals surface area contributed by atoms with Crippen LogP contribution in [0.4, 0.5) is 27.5 Å². The first-order valence-electron chi connectivity index (χ1n) is 11.3. The number of carbonyl (C=O) groups excluding carboxylic acids is 2. The fourth-order valence-electron chi connectivity index (χ4n) is 3.46. The minimum Gasteiger partial charge on any atom is -0.399 e. The SMILES string of the molecule is Cc1ccc(N)cc1.Nc1ccccc1NC(=O)c1nc2c(s1)CN(C(=O)Nc1cccnc1)CC2. The summed E-state index contributed by atoms with van der Waals surface area (Å²) in [6.45, 7) is 2.99. The second-order valence-corrected chi connectivity index (χ2v) is 9.27. The maximum atomic E-state index is 12.5. The summed E-state index contributed by atoms with van der Waals surface area (Å²) in [5, 5.41) is 5.98. The van der Waals surface area contributed by atoms with E-state index in [2.05, 4.69) is 20.6 Å². The number of anilines is 4. The zero-order valence-electron chi connectivity index (χ0n) is 19.8. The summed E-state index contributed by atoms with van der Waals surface area (Å²) in [6, 6.07) is 18.2. The number of benzene rings is 2. The highest BCUT2D eigenvalue weighted by molar-refractivity contribution is 7.13. The zero-order chi connectivity index (χ0) is 25.5. The number of rotatable bonds is 3. The number of aryl methyl sites for hydroxylation is 1. The lowest BCUT2D eigenvalue weighted by atomic mass is 10.2. The summed E-state index contributed by atoms with van der Waals surface area (Å²) in [7, 11) is 0. The van der Waals surface area contributed by atoms with Crippen molar-refractivity contribution in [2.45, 2.75) is 19.9 Å². The fraction of sp³-hybridized carbons (Fsp3) is 0.154. The van der Waals surface area contributed by atoms with Crippen molar-refractivity contribution in [3.63, 3.8) is 0 Å². The number of amides is 3. The summed E-state index contributed by atoms with van der Waals surface area (Å²) in [5.74, 6) is -0.302. The third-order valence-corrected chi connectivity index (χ3v) is 6.49. The van der Waals surface area contributed by atoms with Crippen LogP contribution in [0.3, 0.4) is 0 Å². The summed E-state index contributed by atoms with van der Waals surface area (Å²) >= 11 is 1.30. The van der Waals surface area contributed by atoms with Gasteiger partial charge in [0, 0.05) is 29.7 Å². The Labute approximate surface area is 213 Å². The Morgan fingerprint density at radius 1 is 1.00 bits per heavy atom. The van der Waals surface area contributed by atoms with Crippen molar-refractivity contribution in [2.75, 3.05) is 28.6 Å². The fourth-order valence-corrected chi connectivity index (χ4v) is 4.48. The normalized spacial score (nSPS) is 12.1. The quantitative estimate of drug-likeness (QED) is 0.304. The van der Waals surface area contributed by atoms with Crippen LogP contribution >= 0.6 is 11.3 Å². The molecule has 5 rings (SSSR count).